The Kier molecular flexibility index (Phi) is 7.60. The largest absolute Gasteiger partial charge is 0.419 e. The Morgan fingerprint density at radius 2 is 1.16 bits per heavy atom. The maximum Gasteiger partial charge on any atom is 0.343 e. The van der Waals surface area contributed by atoms with Crippen LogP contribution in [-0.2, 0) is 0 Å². The van der Waals surface area contributed by atoms with E-state index in [0.29, 0.717) is 5.56 Å². The summed E-state index contributed by atoms with van der Waals surface area (Å²) in [6.07, 6.45) is 2.60. The summed E-state index contributed by atoms with van der Waals surface area (Å²) in [7, 11) is 0. The molecule has 4 rings (SSSR count). The third-order valence-corrected chi connectivity index (χ3v) is 5.16. The van der Waals surface area contributed by atoms with Crippen molar-refractivity contribution in [1.29, 1.82) is 0 Å². The van der Waals surface area contributed by atoms with E-state index in [1.165, 1.54) is 42.5 Å². The molecule has 0 bridgehead atoms. The molecule has 8 nitrogen and oxygen atoms in total. The molecule has 0 spiro atoms. The first-order valence-electron chi connectivity index (χ1n) is 11.1. The average molecular weight is 493 g/mol. The molecular weight excluding hydrogens is 474 g/mol. The molecule has 0 heterocycles. The van der Waals surface area contributed by atoms with Crippen LogP contribution < -0.4 is 9.47 Å². The van der Waals surface area contributed by atoms with Crippen LogP contribution in [0.3, 0.4) is 0 Å². The fourth-order valence-electron chi connectivity index (χ4n) is 3.35. The monoisotopic (exact) mass is 493 g/mol. The number of hydrogen-bond acceptors (Lipinski definition) is 7. The van der Waals surface area contributed by atoms with E-state index in [2.05, 4.69) is 0 Å². The molecular formula is C29H19NO7. The lowest BCUT2D eigenvalue weighted by atomic mass is 10.1. The smallest absolute Gasteiger partial charge is 0.343 e. The molecule has 0 aliphatic carbocycles. The number of nitrogens with zero attached hydrogens (tertiary/aromatic N) is 1. The molecule has 0 unspecified atom stereocenters. The Labute approximate surface area is 211 Å². The molecule has 0 atom stereocenters. The Hall–Kier alpha value is -5.37. The minimum absolute atomic E-state index is 0.148. The molecule has 0 aromatic heterocycles. The van der Waals surface area contributed by atoms with Gasteiger partial charge in [0.05, 0.1) is 16.1 Å². The van der Waals surface area contributed by atoms with Crippen LogP contribution in [0.4, 0.5) is 5.69 Å². The van der Waals surface area contributed by atoms with Gasteiger partial charge in [-0.2, -0.15) is 0 Å². The molecule has 0 radical (unpaired) electrons. The highest BCUT2D eigenvalue weighted by Crippen LogP contribution is 2.40. The van der Waals surface area contributed by atoms with Gasteiger partial charge in [0.25, 0.3) is 5.75 Å². The first-order chi connectivity index (χ1) is 17.9. The molecule has 0 fully saturated rings. The van der Waals surface area contributed by atoms with E-state index in [1.807, 2.05) is 0 Å². The number of ketones is 1. The lowest BCUT2D eigenvalue weighted by Gasteiger charge is -2.12. The number of rotatable bonds is 8. The average Bonchev–Trinajstić information content (AvgIpc) is 2.94. The van der Waals surface area contributed by atoms with Crippen LogP contribution in [0.2, 0.25) is 0 Å². The Balaban J connectivity index is 1.75. The van der Waals surface area contributed by atoms with E-state index >= 15 is 0 Å². The van der Waals surface area contributed by atoms with Crippen molar-refractivity contribution in [3.63, 3.8) is 0 Å². The molecule has 0 N–H and O–H groups in total. The normalized spacial score (nSPS) is 10.6. The molecule has 0 saturated heterocycles. The molecule has 0 aliphatic rings. The first-order valence-corrected chi connectivity index (χ1v) is 11.1. The number of hydrogen-bond donors (Lipinski definition) is 0. The fourth-order valence-corrected chi connectivity index (χ4v) is 3.35. The number of ether oxygens (including phenoxy) is 2. The lowest BCUT2D eigenvalue weighted by Crippen LogP contribution is -2.14. The van der Waals surface area contributed by atoms with Gasteiger partial charge in [0.15, 0.2) is 11.5 Å². The van der Waals surface area contributed by atoms with E-state index in [4.69, 9.17) is 9.47 Å². The van der Waals surface area contributed by atoms with Gasteiger partial charge in [-0.1, -0.05) is 72.8 Å². The molecule has 4 aromatic carbocycles. The summed E-state index contributed by atoms with van der Waals surface area (Å²) in [6.45, 7) is 0. The second-order valence-corrected chi connectivity index (χ2v) is 7.70. The summed E-state index contributed by atoms with van der Waals surface area (Å²) in [6, 6.07) is 26.7. The Morgan fingerprint density at radius 1 is 0.676 bits per heavy atom. The standard InChI is InChI=1S/C29H19NO7/c31-25(21-10-4-1-5-11-21)17-16-20-18-24(30(34)35)27(37-29(33)23-14-8-3-9-15-23)26(19-20)36-28(32)22-12-6-2-7-13-22/h1-19H. The van der Waals surface area contributed by atoms with Gasteiger partial charge >= 0.3 is 17.6 Å². The van der Waals surface area contributed by atoms with Gasteiger partial charge in [0, 0.05) is 11.6 Å². The van der Waals surface area contributed by atoms with Gasteiger partial charge in [0.2, 0.25) is 0 Å². The van der Waals surface area contributed by atoms with Gasteiger partial charge in [-0.25, -0.2) is 9.59 Å². The van der Waals surface area contributed by atoms with Crippen LogP contribution >= 0.6 is 0 Å². The highest BCUT2D eigenvalue weighted by molar-refractivity contribution is 6.06. The zero-order valence-electron chi connectivity index (χ0n) is 19.3. The molecule has 0 amide bonds. The maximum absolute atomic E-state index is 12.8. The van der Waals surface area contributed by atoms with Crippen LogP contribution in [-0.4, -0.2) is 22.6 Å². The number of allylic oxidation sites excluding steroid dienone is 1. The van der Waals surface area contributed by atoms with Gasteiger partial charge in [-0.3, -0.25) is 14.9 Å². The van der Waals surface area contributed by atoms with Crippen LogP contribution in [0.1, 0.15) is 36.6 Å². The number of carbonyl (C=O) groups excluding carboxylic acids is 3. The summed E-state index contributed by atoms with van der Waals surface area (Å²) < 4.78 is 10.8. The van der Waals surface area contributed by atoms with E-state index in [-0.39, 0.29) is 28.2 Å². The quantitative estimate of drug-likeness (QED) is 0.0746. The minimum Gasteiger partial charge on any atom is -0.419 e. The highest BCUT2D eigenvalue weighted by Gasteiger charge is 2.27. The zero-order valence-corrected chi connectivity index (χ0v) is 19.3. The predicted octanol–water partition coefficient (Wildman–Crippen LogP) is 5.93. The van der Waals surface area contributed by atoms with Crippen molar-refractivity contribution in [2.24, 2.45) is 0 Å². The van der Waals surface area contributed by atoms with Crippen LogP contribution in [0.15, 0.2) is 109 Å². The van der Waals surface area contributed by atoms with Gasteiger partial charge in [0.1, 0.15) is 0 Å². The third kappa shape index (κ3) is 6.20. The fraction of sp³-hybridized carbons (Fsp3) is 0. The number of benzene rings is 4. The first kappa shape index (κ1) is 24.7. The van der Waals surface area contributed by atoms with Crippen molar-refractivity contribution in [2.75, 3.05) is 0 Å². The second-order valence-electron chi connectivity index (χ2n) is 7.70. The predicted molar refractivity (Wildman–Crippen MR) is 136 cm³/mol. The van der Waals surface area contributed by atoms with Crippen molar-refractivity contribution in [3.8, 4) is 11.5 Å². The van der Waals surface area contributed by atoms with Crippen LogP contribution in [0.25, 0.3) is 6.08 Å². The van der Waals surface area contributed by atoms with Crippen molar-refractivity contribution in [1.82, 2.24) is 0 Å². The third-order valence-electron chi connectivity index (χ3n) is 5.16. The number of nitro groups is 1. The van der Waals surface area contributed by atoms with Gasteiger partial charge in [-0.05, 0) is 42.0 Å². The van der Waals surface area contributed by atoms with Gasteiger partial charge < -0.3 is 9.47 Å². The molecule has 4 aromatic rings. The topological polar surface area (TPSA) is 113 Å². The van der Waals surface area contributed by atoms with E-state index < -0.39 is 28.3 Å². The van der Waals surface area contributed by atoms with Crippen LogP contribution in [0.5, 0.6) is 11.5 Å². The molecule has 0 saturated carbocycles. The minimum atomic E-state index is -0.872. The Bertz CT molecular complexity index is 1480. The zero-order chi connectivity index (χ0) is 26.2. The van der Waals surface area contributed by atoms with Crippen molar-refractivity contribution in [3.05, 3.63) is 142 Å². The number of nitro benzene ring substituents is 1. The summed E-state index contributed by atoms with van der Waals surface area (Å²) >= 11 is 0. The SMILES string of the molecule is O=C(C=Cc1cc(OC(=O)c2ccccc2)c(OC(=O)c2ccccc2)c([N+](=O)[O-])c1)c1ccccc1. The summed E-state index contributed by atoms with van der Waals surface area (Å²) in [5.74, 6) is -2.89. The van der Waals surface area contributed by atoms with E-state index in [1.54, 1.807) is 66.7 Å². The van der Waals surface area contributed by atoms with Gasteiger partial charge in [-0.15, -0.1) is 0 Å². The maximum atomic E-state index is 12.8. The number of esters is 2. The second kappa shape index (κ2) is 11.4. The van der Waals surface area contributed by atoms with Crippen LogP contribution in [0, 0.1) is 10.1 Å². The van der Waals surface area contributed by atoms with Crippen molar-refractivity contribution >= 4 is 29.5 Å². The summed E-state index contributed by atoms with van der Waals surface area (Å²) in [4.78, 5) is 49.1. The molecule has 0 aliphatic heterocycles. The molecule has 37 heavy (non-hydrogen) atoms. The van der Waals surface area contributed by atoms with Crippen molar-refractivity contribution in [2.45, 2.75) is 0 Å². The molecule has 182 valence electrons. The highest BCUT2D eigenvalue weighted by atomic mass is 16.6. The van der Waals surface area contributed by atoms with E-state index in [0.717, 1.165) is 6.07 Å². The molecule has 8 heteroatoms. The lowest BCUT2D eigenvalue weighted by molar-refractivity contribution is -0.385. The number of carbonyl (C=O) groups is 3. The van der Waals surface area contributed by atoms with E-state index in [9.17, 15) is 24.5 Å². The Morgan fingerprint density at radius 3 is 1.68 bits per heavy atom. The van der Waals surface area contributed by atoms with Crippen molar-refractivity contribution < 1.29 is 28.8 Å². The summed E-state index contributed by atoms with van der Waals surface area (Å²) in [5.41, 5.74) is 0.332. The summed E-state index contributed by atoms with van der Waals surface area (Å²) in [5, 5.41) is 11.9.